The van der Waals surface area contributed by atoms with Crippen LogP contribution in [0.15, 0.2) is 42.5 Å². The van der Waals surface area contributed by atoms with Crippen LogP contribution in [0.2, 0.25) is 0 Å². The summed E-state index contributed by atoms with van der Waals surface area (Å²) in [4.78, 5) is 0. The van der Waals surface area contributed by atoms with Crippen molar-refractivity contribution in [1.82, 2.24) is 0 Å². The molecule has 0 aromatic heterocycles. The van der Waals surface area contributed by atoms with Gasteiger partial charge in [-0.2, -0.15) is 0 Å². The van der Waals surface area contributed by atoms with E-state index in [9.17, 15) is 8.78 Å². The Balaban J connectivity index is 1.93. The number of nitrogens with one attached hydrogen (secondary N) is 1. The number of aryl methyl sites for hydroxylation is 1. The van der Waals surface area contributed by atoms with E-state index in [1.165, 1.54) is 30.5 Å². The molecule has 0 amide bonds. The molecule has 0 unspecified atom stereocenters. The number of unbranched alkanes of at least 4 members (excludes halogenated alkanes) is 1. The lowest BCUT2D eigenvalue weighted by Gasteiger charge is -2.08. The minimum absolute atomic E-state index is 0.406. The smallest absolute Gasteiger partial charge is 0.126 e. The Morgan fingerprint density at radius 2 is 1.55 bits per heavy atom. The Labute approximate surface area is 118 Å². The first-order chi connectivity index (χ1) is 9.67. The largest absolute Gasteiger partial charge is 0.381 e. The van der Waals surface area contributed by atoms with Crippen LogP contribution < -0.4 is 5.32 Å². The molecule has 0 saturated heterocycles. The number of benzene rings is 2. The van der Waals surface area contributed by atoms with Crippen molar-refractivity contribution < 1.29 is 8.78 Å². The molecule has 0 heterocycles. The average molecular weight is 275 g/mol. The van der Waals surface area contributed by atoms with Crippen molar-refractivity contribution in [3.05, 3.63) is 65.2 Å². The number of anilines is 1. The maximum Gasteiger partial charge on any atom is 0.126 e. The van der Waals surface area contributed by atoms with E-state index in [0.29, 0.717) is 12.1 Å². The van der Waals surface area contributed by atoms with E-state index in [1.807, 2.05) is 12.1 Å². The molecule has 20 heavy (non-hydrogen) atoms. The number of hydrogen-bond acceptors (Lipinski definition) is 1. The number of hydrogen-bond donors (Lipinski definition) is 1. The summed E-state index contributed by atoms with van der Waals surface area (Å²) in [6.07, 6.45) is 3.46. The monoisotopic (exact) mass is 275 g/mol. The Morgan fingerprint density at radius 3 is 2.15 bits per heavy atom. The highest BCUT2D eigenvalue weighted by molar-refractivity contribution is 5.45. The fraction of sp³-hybridized carbons (Fsp3) is 0.294. The maximum atomic E-state index is 13.1. The fourth-order valence-electron chi connectivity index (χ4n) is 2.09. The van der Waals surface area contributed by atoms with Crippen LogP contribution in [0.5, 0.6) is 0 Å². The summed E-state index contributed by atoms with van der Waals surface area (Å²) in [7, 11) is 0. The lowest BCUT2D eigenvalue weighted by atomic mass is 10.1. The SMILES string of the molecule is CCCCc1ccc(NCc2cc(F)cc(F)c2)cc1. The van der Waals surface area contributed by atoms with Crippen molar-refractivity contribution in [2.24, 2.45) is 0 Å². The summed E-state index contributed by atoms with van der Waals surface area (Å²) in [5, 5.41) is 3.17. The molecule has 2 aromatic carbocycles. The summed E-state index contributed by atoms with van der Waals surface area (Å²) in [5.41, 5.74) is 2.86. The molecule has 3 heteroatoms. The molecular formula is C17H19F2N. The molecule has 106 valence electrons. The van der Waals surface area contributed by atoms with Gasteiger partial charge in [0, 0.05) is 18.3 Å². The molecule has 0 bridgehead atoms. The summed E-state index contributed by atoms with van der Waals surface area (Å²) >= 11 is 0. The van der Waals surface area contributed by atoms with Crippen molar-refractivity contribution in [2.75, 3.05) is 5.32 Å². The van der Waals surface area contributed by atoms with E-state index in [-0.39, 0.29) is 0 Å². The zero-order valence-corrected chi connectivity index (χ0v) is 11.6. The lowest BCUT2D eigenvalue weighted by Crippen LogP contribution is -2.00. The Kier molecular flexibility index (Phi) is 5.10. The molecule has 1 nitrogen and oxygen atoms in total. The predicted molar refractivity (Wildman–Crippen MR) is 78.7 cm³/mol. The Morgan fingerprint density at radius 1 is 0.900 bits per heavy atom. The van der Waals surface area contributed by atoms with Gasteiger partial charge in [0.2, 0.25) is 0 Å². The van der Waals surface area contributed by atoms with Crippen LogP contribution in [-0.4, -0.2) is 0 Å². The second-order valence-electron chi connectivity index (χ2n) is 4.93. The van der Waals surface area contributed by atoms with Gasteiger partial charge in [-0.25, -0.2) is 8.78 Å². The summed E-state index contributed by atoms with van der Waals surface area (Å²) < 4.78 is 26.1. The van der Waals surface area contributed by atoms with Crippen molar-refractivity contribution in [3.8, 4) is 0 Å². The van der Waals surface area contributed by atoms with Crippen LogP contribution in [0.1, 0.15) is 30.9 Å². The summed E-state index contributed by atoms with van der Waals surface area (Å²) in [5.74, 6) is -1.09. The third-order valence-corrected chi connectivity index (χ3v) is 3.19. The molecule has 0 atom stereocenters. The van der Waals surface area contributed by atoms with Crippen LogP contribution in [0.25, 0.3) is 0 Å². The van der Waals surface area contributed by atoms with Gasteiger partial charge in [0.15, 0.2) is 0 Å². The third kappa shape index (κ3) is 4.34. The van der Waals surface area contributed by atoms with Gasteiger partial charge in [-0.1, -0.05) is 25.5 Å². The van der Waals surface area contributed by atoms with Gasteiger partial charge in [0.1, 0.15) is 11.6 Å². The third-order valence-electron chi connectivity index (χ3n) is 3.19. The summed E-state index contributed by atoms with van der Waals surface area (Å²) in [6.45, 7) is 2.58. The first-order valence-electron chi connectivity index (χ1n) is 6.95. The molecule has 0 spiro atoms. The second kappa shape index (κ2) is 7.04. The number of halogens is 2. The lowest BCUT2D eigenvalue weighted by molar-refractivity contribution is 0.580. The van der Waals surface area contributed by atoms with Crippen molar-refractivity contribution >= 4 is 5.69 Å². The molecule has 0 aliphatic rings. The van der Waals surface area contributed by atoms with Gasteiger partial charge in [-0.05, 0) is 48.2 Å². The Bertz CT molecular complexity index is 529. The summed E-state index contributed by atoms with van der Waals surface area (Å²) in [6, 6.07) is 11.7. The van der Waals surface area contributed by atoms with Crippen LogP contribution in [0, 0.1) is 11.6 Å². The van der Waals surface area contributed by atoms with E-state index in [1.54, 1.807) is 0 Å². The zero-order chi connectivity index (χ0) is 14.4. The first-order valence-corrected chi connectivity index (χ1v) is 6.95. The number of rotatable bonds is 6. The predicted octanol–water partition coefficient (Wildman–Crippen LogP) is 4.92. The van der Waals surface area contributed by atoms with E-state index >= 15 is 0 Å². The molecule has 0 aliphatic carbocycles. The highest BCUT2D eigenvalue weighted by Crippen LogP contribution is 2.14. The van der Waals surface area contributed by atoms with Crippen molar-refractivity contribution in [1.29, 1.82) is 0 Å². The first kappa shape index (κ1) is 14.5. The quantitative estimate of drug-likeness (QED) is 0.789. The zero-order valence-electron chi connectivity index (χ0n) is 11.6. The molecule has 0 saturated carbocycles. The molecular weight excluding hydrogens is 256 g/mol. The average Bonchev–Trinajstić information content (AvgIpc) is 2.43. The van der Waals surface area contributed by atoms with Gasteiger partial charge < -0.3 is 5.32 Å². The van der Waals surface area contributed by atoms with Crippen LogP contribution in [0.4, 0.5) is 14.5 Å². The van der Waals surface area contributed by atoms with Crippen molar-refractivity contribution in [2.45, 2.75) is 32.7 Å². The molecule has 2 rings (SSSR count). The Hall–Kier alpha value is -1.90. The molecule has 1 N–H and O–H groups in total. The normalized spacial score (nSPS) is 10.6. The highest BCUT2D eigenvalue weighted by atomic mass is 19.1. The molecule has 2 aromatic rings. The van der Waals surface area contributed by atoms with E-state index < -0.39 is 11.6 Å². The van der Waals surface area contributed by atoms with E-state index in [0.717, 1.165) is 18.2 Å². The molecule has 0 fully saturated rings. The van der Waals surface area contributed by atoms with Gasteiger partial charge >= 0.3 is 0 Å². The van der Waals surface area contributed by atoms with Crippen LogP contribution in [0.3, 0.4) is 0 Å². The minimum atomic E-state index is -0.545. The maximum absolute atomic E-state index is 13.1. The van der Waals surface area contributed by atoms with E-state index in [2.05, 4.69) is 24.4 Å². The van der Waals surface area contributed by atoms with Gasteiger partial charge in [-0.15, -0.1) is 0 Å². The van der Waals surface area contributed by atoms with Crippen LogP contribution in [-0.2, 0) is 13.0 Å². The standard InChI is InChI=1S/C17H19F2N/c1-2-3-4-13-5-7-17(8-6-13)20-12-14-9-15(18)11-16(19)10-14/h5-11,20H,2-4,12H2,1H3. The van der Waals surface area contributed by atoms with Gasteiger partial charge in [-0.3, -0.25) is 0 Å². The topological polar surface area (TPSA) is 12.0 Å². The van der Waals surface area contributed by atoms with Crippen molar-refractivity contribution in [3.63, 3.8) is 0 Å². The van der Waals surface area contributed by atoms with Gasteiger partial charge in [0.25, 0.3) is 0 Å². The second-order valence-corrected chi connectivity index (χ2v) is 4.93. The van der Waals surface area contributed by atoms with Gasteiger partial charge in [0.05, 0.1) is 0 Å². The van der Waals surface area contributed by atoms with E-state index in [4.69, 9.17) is 0 Å². The molecule has 0 radical (unpaired) electrons. The fourth-order valence-corrected chi connectivity index (χ4v) is 2.09. The molecule has 0 aliphatic heterocycles. The van der Waals surface area contributed by atoms with Crippen LogP contribution >= 0.6 is 0 Å². The highest BCUT2D eigenvalue weighted by Gasteiger charge is 2.01. The minimum Gasteiger partial charge on any atom is -0.381 e.